The van der Waals surface area contributed by atoms with Gasteiger partial charge in [0.05, 0.1) is 23.2 Å². The average Bonchev–Trinajstić information content (AvgIpc) is 2.71. The lowest BCUT2D eigenvalue weighted by atomic mass is 10.00. The van der Waals surface area contributed by atoms with Gasteiger partial charge < -0.3 is 9.30 Å². The molecule has 28 heavy (non-hydrogen) atoms. The van der Waals surface area contributed by atoms with Crippen molar-refractivity contribution in [2.45, 2.75) is 6.92 Å². The predicted molar refractivity (Wildman–Crippen MR) is 108 cm³/mol. The molecule has 0 atom stereocenters. The van der Waals surface area contributed by atoms with Crippen LogP contribution >= 0.6 is 0 Å². The Bertz CT molecular complexity index is 1290. The van der Waals surface area contributed by atoms with Gasteiger partial charge in [0.2, 0.25) is 0 Å². The topological polar surface area (TPSA) is 48.3 Å². The number of nitrogens with zero attached hydrogens (tertiary/aromatic N) is 1. The lowest BCUT2D eigenvalue weighted by Crippen LogP contribution is -2.09. The number of benzene rings is 3. The molecule has 0 saturated heterocycles. The van der Waals surface area contributed by atoms with E-state index in [0.29, 0.717) is 21.9 Å². The molecule has 0 radical (unpaired) electrons. The number of aromatic nitrogens is 1. The van der Waals surface area contributed by atoms with E-state index in [9.17, 15) is 14.0 Å². The van der Waals surface area contributed by atoms with E-state index in [1.165, 1.54) is 12.1 Å². The Labute approximate surface area is 160 Å². The molecule has 0 N–H and O–H groups in total. The molecule has 0 bridgehead atoms. The van der Waals surface area contributed by atoms with Crippen molar-refractivity contribution in [2.24, 2.45) is 7.05 Å². The van der Waals surface area contributed by atoms with Crippen LogP contribution in [0.15, 0.2) is 65.5 Å². The first kappa shape index (κ1) is 17.9. The lowest BCUT2D eigenvalue weighted by molar-refractivity contribution is 0.0521. The highest BCUT2D eigenvalue weighted by Crippen LogP contribution is 2.26. The van der Waals surface area contributed by atoms with Gasteiger partial charge in [-0.05, 0) is 54.4 Å². The van der Waals surface area contributed by atoms with E-state index >= 15 is 0 Å². The zero-order chi connectivity index (χ0) is 19.8. The zero-order valence-electron chi connectivity index (χ0n) is 15.5. The fourth-order valence-corrected chi connectivity index (χ4v) is 3.49. The molecule has 0 fully saturated rings. The van der Waals surface area contributed by atoms with Crippen molar-refractivity contribution in [3.8, 4) is 11.1 Å². The number of para-hydroxylation sites is 1. The quantitative estimate of drug-likeness (QED) is 0.386. The number of fused-ring (bicyclic) bond motifs is 2. The molecule has 0 saturated carbocycles. The van der Waals surface area contributed by atoms with Gasteiger partial charge in [-0.25, -0.2) is 9.18 Å². The number of carbonyl (C=O) groups excluding carboxylic acids is 1. The highest BCUT2D eigenvalue weighted by Gasteiger charge is 2.15. The third-order valence-corrected chi connectivity index (χ3v) is 4.91. The smallest absolute Gasteiger partial charge is 0.341 e. The van der Waals surface area contributed by atoms with E-state index in [-0.39, 0.29) is 17.6 Å². The van der Waals surface area contributed by atoms with Crippen molar-refractivity contribution in [3.05, 3.63) is 82.3 Å². The third-order valence-electron chi connectivity index (χ3n) is 4.91. The Morgan fingerprint density at radius 3 is 2.39 bits per heavy atom. The number of hydrogen-bond acceptors (Lipinski definition) is 3. The van der Waals surface area contributed by atoms with Crippen molar-refractivity contribution < 1.29 is 13.9 Å². The van der Waals surface area contributed by atoms with Crippen LogP contribution in [0.1, 0.15) is 17.3 Å². The lowest BCUT2D eigenvalue weighted by Gasteiger charge is -2.12. The van der Waals surface area contributed by atoms with E-state index in [1.54, 1.807) is 25.1 Å². The Balaban J connectivity index is 1.88. The highest BCUT2D eigenvalue weighted by molar-refractivity contribution is 5.95. The number of carbonyl (C=O) groups is 1. The van der Waals surface area contributed by atoms with Gasteiger partial charge in [-0.1, -0.05) is 24.3 Å². The van der Waals surface area contributed by atoms with Gasteiger partial charge in [0.1, 0.15) is 5.82 Å². The molecule has 0 aliphatic rings. The molecule has 4 rings (SSSR count). The Morgan fingerprint density at radius 1 is 0.964 bits per heavy atom. The summed E-state index contributed by atoms with van der Waals surface area (Å²) < 4.78 is 21.2. The molecule has 0 unspecified atom stereocenters. The van der Waals surface area contributed by atoms with Gasteiger partial charge >= 0.3 is 5.97 Å². The molecule has 5 heteroatoms. The summed E-state index contributed by atoms with van der Waals surface area (Å²) in [5.74, 6) is -1.34. The molecule has 0 spiro atoms. The van der Waals surface area contributed by atoms with Crippen LogP contribution in [0, 0.1) is 5.82 Å². The second-order valence-electron chi connectivity index (χ2n) is 6.55. The molecular formula is C23H18FNO3. The second kappa shape index (κ2) is 6.93. The number of rotatable bonds is 3. The standard InChI is InChI=1S/C23H18FNO3/c1-3-28-23(27)16-10-8-15(13-19(16)24)14-9-11-21-18(12-14)22(26)17-6-4-5-7-20(17)25(21)2/h4-13H,3H2,1-2H3. The van der Waals surface area contributed by atoms with Gasteiger partial charge in [-0.15, -0.1) is 0 Å². The van der Waals surface area contributed by atoms with E-state index < -0.39 is 11.8 Å². The summed E-state index contributed by atoms with van der Waals surface area (Å²) in [6.45, 7) is 1.85. The van der Waals surface area contributed by atoms with Crippen molar-refractivity contribution in [2.75, 3.05) is 6.61 Å². The van der Waals surface area contributed by atoms with Gasteiger partial charge in [0, 0.05) is 17.8 Å². The second-order valence-corrected chi connectivity index (χ2v) is 6.55. The summed E-state index contributed by atoms with van der Waals surface area (Å²) >= 11 is 0. The molecule has 0 aliphatic carbocycles. The summed E-state index contributed by atoms with van der Waals surface area (Å²) in [6, 6.07) is 17.3. The first-order valence-corrected chi connectivity index (χ1v) is 8.99. The maximum atomic E-state index is 14.4. The van der Waals surface area contributed by atoms with Crippen molar-refractivity contribution in [1.82, 2.24) is 4.57 Å². The number of hydrogen-bond donors (Lipinski definition) is 0. The monoisotopic (exact) mass is 375 g/mol. The van der Waals surface area contributed by atoms with E-state index in [1.807, 2.05) is 41.9 Å². The van der Waals surface area contributed by atoms with E-state index in [2.05, 4.69) is 0 Å². The summed E-state index contributed by atoms with van der Waals surface area (Å²) in [5, 5.41) is 1.20. The van der Waals surface area contributed by atoms with Crippen molar-refractivity contribution in [3.63, 3.8) is 0 Å². The summed E-state index contributed by atoms with van der Waals surface area (Å²) in [6.07, 6.45) is 0. The van der Waals surface area contributed by atoms with Crippen LogP contribution in [0.2, 0.25) is 0 Å². The maximum absolute atomic E-state index is 14.4. The average molecular weight is 375 g/mol. The molecule has 1 aromatic heterocycles. The SMILES string of the molecule is CCOC(=O)c1ccc(-c2ccc3c(c2)c(=O)c2ccccc2n3C)cc1F. The molecule has 3 aromatic carbocycles. The van der Waals surface area contributed by atoms with E-state index in [0.717, 1.165) is 11.0 Å². The fraction of sp³-hybridized carbons (Fsp3) is 0.130. The van der Waals surface area contributed by atoms with Gasteiger partial charge in [-0.3, -0.25) is 4.79 Å². The molecule has 1 heterocycles. The first-order chi connectivity index (χ1) is 13.5. The molecule has 4 nitrogen and oxygen atoms in total. The van der Waals surface area contributed by atoms with Gasteiger partial charge in [0.25, 0.3) is 0 Å². The van der Waals surface area contributed by atoms with Crippen molar-refractivity contribution in [1.29, 1.82) is 0 Å². The third kappa shape index (κ3) is 2.85. The van der Waals surface area contributed by atoms with Crippen LogP contribution in [0.5, 0.6) is 0 Å². The molecular weight excluding hydrogens is 357 g/mol. The Morgan fingerprint density at radius 2 is 1.64 bits per heavy atom. The Hall–Kier alpha value is -3.47. The minimum Gasteiger partial charge on any atom is -0.462 e. The fourth-order valence-electron chi connectivity index (χ4n) is 3.49. The highest BCUT2D eigenvalue weighted by atomic mass is 19.1. The molecule has 4 aromatic rings. The van der Waals surface area contributed by atoms with Gasteiger partial charge in [-0.2, -0.15) is 0 Å². The minimum absolute atomic E-state index is 0.0610. The number of halogens is 1. The van der Waals surface area contributed by atoms with Crippen LogP contribution in [0.25, 0.3) is 32.9 Å². The number of esters is 1. The summed E-state index contributed by atoms with van der Waals surface area (Å²) in [4.78, 5) is 24.7. The van der Waals surface area contributed by atoms with Crippen molar-refractivity contribution >= 4 is 27.8 Å². The Kier molecular flexibility index (Phi) is 4.43. The first-order valence-electron chi connectivity index (χ1n) is 8.99. The van der Waals surface area contributed by atoms with Crippen LogP contribution in [0.4, 0.5) is 4.39 Å². The summed E-state index contributed by atoms with van der Waals surface area (Å²) in [7, 11) is 1.91. The predicted octanol–water partition coefficient (Wildman–Crippen LogP) is 4.67. The maximum Gasteiger partial charge on any atom is 0.341 e. The molecule has 0 amide bonds. The largest absolute Gasteiger partial charge is 0.462 e. The summed E-state index contributed by atoms with van der Waals surface area (Å²) in [5.41, 5.74) is 2.79. The molecule has 0 aliphatic heterocycles. The minimum atomic E-state index is -0.689. The van der Waals surface area contributed by atoms with E-state index in [4.69, 9.17) is 4.74 Å². The van der Waals surface area contributed by atoms with Crippen LogP contribution in [-0.2, 0) is 11.8 Å². The number of ether oxygens (including phenoxy) is 1. The van der Waals surface area contributed by atoms with Crippen LogP contribution < -0.4 is 5.43 Å². The number of pyridine rings is 1. The zero-order valence-corrected chi connectivity index (χ0v) is 15.5. The van der Waals surface area contributed by atoms with Crippen LogP contribution in [0.3, 0.4) is 0 Å². The van der Waals surface area contributed by atoms with Crippen LogP contribution in [-0.4, -0.2) is 17.1 Å². The molecule has 140 valence electrons. The van der Waals surface area contributed by atoms with Gasteiger partial charge in [0.15, 0.2) is 5.43 Å². The number of aryl methyl sites for hydroxylation is 1. The normalized spacial score (nSPS) is 11.1.